The monoisotopic (exact) mass is 991 g/mol. The van der Waals surface area contributed by atoms with Gasteiger partial charge < -0.3 is 14.2 Å². The first-order valence-corrected chi connectivity index (χ1v) is 28.5. The van der Waals surface area contributed by atoms with Crippen molar-refractivity contribution in [3.05, 3.63) is 158 Å². The molecule has 0 aromatic carbocycles. The fourth-order valence-electron chi connectivity index (χ4n) is 7.06. The number of carbonyl (C=O) groups excluding carboxylic acids is 3. The van der Waals surface area contributed by atoms with E-state index in [0.717, 1.165) is 128 Å². The summed E-state index contributed by atoms with van der Waals surface area (Å²) in [6.45, 7) is 6.34. The van der Waals surface area contributed by atoms with E-state index in [2.05, 4.69) is 179 Å². The van der Waals surface area contributed by atoms with E-state index in [4.69, 9.17) is 14.2 Å². The van der Waals surface area contributed by atoms with E-state index < -0.39 is 6.10 Å². The second-order valence-electron chi connectivity index (χ2n) is 18.2. The van der Waals surface area contributed by atoms with Crippen LogP contribution in [0.5, 0.6) is 0 Å². The molecule has 1 unspecified atom stereocenters. The summed E-state index contributed by atoms with van der Waals surface area (Å²) >= 11 is 0. The Hall–Kier alpha value is -4.97. The molecule has 72 heavy (non-hydrogen) atoms. The minimum atomic E-state index is -0.836. The van der Waals surface area contributed by atoms with Crippen LogP contribution in [0.15, 0.2) is 158 Å². The molecule has 0 saturated heterocycles. The second kappa shape index (κ2) is 58.6. The highest BCUT2D eigenvalue weighted by atomic mass is 16.6. The summed E-state index contributed by atoms with van der Waals surface area (Å²) in [6.07, 6.45) is 85.1. The van der Waals surface area contributed by atoms with E-state index >= 15 is 0 Å². The summed E-state index contributed by atoms with van der Waals surface area (Å²) in [5.74, 6) is -1.05. The number of unbranched alkanes of at least 4 members (excludes halogenated alkanes) is 15. The Morgan fingerprint density at radius 1 is 0.306 bits per heavy atom. The maximum absolute atomic E-state index is 12.9. The average Bonchev–Trinajstić information content (AvgIpc) is 3.38. The maximum Gasteiger partial charge on any atom is 0.306 e. The number of carbonyl (C=O) groups is 3. The highest BCUT2D eigenvalue weighted by molar-refractivity contribution is 5.71. The Labute approximate surface area is 441 Å². The lowest BCUT2D eigenvalue weighted by Gasteiger charge is -2.18. The smallest absolute Gasteiger partial charge is 0.306 e. The van der Waals surface area contributed by atoms with Crippen molar-refractivity contribution in [1.82, 2.24) is 0 Å². The Morgan fingerprint density at radius 2 is 0.611 bits per heavy atom. The molecule has 0 heterocycles. The molecule has 402 valence electrons. The van der Waals surface area contributed by atoms with Gasteiger partial charge in [-0.1, -0.05) is 230 Å². The van der Waals surface area contributed by atoms with Crippen LogP contribution in [0.3, 0.4) is 0 Å². The van der Waals surface area contributed by atoms with Crippen LogP contribution < -0.4 is 0 Å². The van der Waals surface area contributed by atoms with Gasteiger partial charge in [-0.3, -0.25) is 14.4 Å². The normalized spacial score (nSPS) is 13.3. The topological polar surface area (TPSA) is 78.9 Å². The van der Waals surface area contributed by atoms with Crippen molar-refractivity contribution >= 4 is 17.9 Å². The van der Waals surface area contributed by atoms with Gasteiger partial charge in [0.05, 0.1) is 0 Å². The molecule has 0 aromatic heterocycles. The van der Waals surface area contributed by atoms with Crippen molar-refractivity contribution in [3.8, 4) is 0 Å². The fourth-order valence-corrected chi connectivity index (χ4v) is 7.06. The van der Waals surface area contributed by atoms with Gasteiger partial charge in [0.15, 0.2) is 6.10 Å². The zero-order valence-corrected chi connectivity index (χ0v) is 45.9. The Morgan fingerprint density at radius 3 is 1.04 bits per heavy atom. The molecule has 0 N–H and O–H groups in total. The van der Waals surface area contributed by atoms with Crippen LogP contribution in [0, 0.1) is 0 Å². The van der Waals surface area contributed by atoms with Gasteiger partial charge in [-0.05, 0) is 128 Å². The van der Waals surface area contributed by atoms with Crippen molar-refractivity contribution in [2.24, 2.45) is 0 Å². The zero-order valence-electron chi connectivity index (χ0n) is 45.9. The lowest BCUT2D eigenvalue weighted by atomic mass is 10.1. The highest BCUT2D eigenvalue weighted by Crippen LogP contribution is 2.12. The number of hydrogen-bond donors (Lipinski definition) is 0. The van der Waals surface area contributed by atoms with E-state index in [1.807, 2.05) is 0 Å². The molecule has 0 fully saturated rings. The first kappa shape index (κ1) is 67.0. The lowest BCUT2D eigenvalue weighted by Crippen LogP contribution is -2.30. The Kier molecular flexibility index (Phi) is 54.6. The van der Waals surface area contributed by atoms with Gasteiger partial charge in [0.2, 0.25) is 0 Å². The molecule has 6 heteroatoms. The number of ether oxygens (including phenoxy) is 3. The van der Waals surface area contributed by atoms with Crippen LogP contribution >= 0.6 is 0 Å². The third kappa shape index (κ3) is 56.0. The van der Waals surface area contributed by atoms with Crippen LogP contribution in [0.4, 0.5) is 0 Å². The molecule has 0 radical (unpaired) electrons. The summed E-state index contributed by atoms with van der Waals surface area (Å²) in [5.41, 5.74) is 0. The SMILES string of the molecule is CC/C=C\C/C=C\C/C=C\C/C=C\C/C=C\CCCCCC(=O)OCC(COC(=O)CCC/C=C\C/C=C\C/C=C\C/C=C\CCCCC)OC(=O)CCCCCCC\C=C/C=C\C=C/C=C\CCCCC. The number of allylic oxidation sites excluding steroid dienone is 26. The van der Waals surface area contributed by atoms with Gasteiger partial charge in [0.25, 0.3) is 0 Å². The highest BCUT2D eigenvalue weighted by Gasteiger charge is 2.19. The predicted octanol–water partition coefficient (Wildman–Crippen LogP) is 19.4. The lowest BCUT2D eigenvalue weighted by molar-refractivity contribution is -0.167. The largest absolute Gasteiger partial charge is 0.462 e. The Bertz CT molecular complexity index is 1660. The first-order chi connectivity index (χ1) is 35.5. The number of rotatable bonds is 49. The summed E-state index contributed by atoms with van der Waals surface area (Å²) in [6, 6.07) is 0. The summed E-state index contributed by atoms with van der Waals surface area (Å²) in [7, 11) is 0. The van der Waals surface area contributed by atoms with Crippen molar-refractivity contribution in [1.29, 1.82) is 0 Å². The van der Waals surface area contributed by atoms with Gasteiger partial charge in [-0.25, -0.2) is 0 Å². The van der Waals surface area contributed by atoms with Gasteiger partial charge >= 0.3 is 17.9 Å². The van der Waals surface area contributed by atoms with Crippen LogP contribution in [-0.2, 0) is 28.6 Å². The van der Waals surface area contributed by atoms with Crippen molar-refractivity contribution in [2.45, 2.75) is 226 Å². The molecule has 1 atom stereocenters. The number of hydrogen-bond acceptors (Lipinski definition) is 6. The van der Waals surface area contributed by atoms with E-state index in [0.29, 0.717) is 12.8 Å². The molecular weight excluding hydrogens is 889 g/mol. The quantitative estimate of drug-likeness (QED) is 0.0199. The van der Waals surface area contributed by atoms with Crippen LogP contribution in [0.2, 0.25) is 0 Å². The summed E-state index contributed by atoms with van der Waals surface area (Å²) < 4.78 is 16.8. The van der Waals surface area contributed by atoms with Crippen LogP contribution in [-0.4, -0.2) is 37.2 Å². The predicted molar refractivity (Wildman–Crippen MR) is 311 cm³/mol. The van der Waals surface area contributed by atoms with Crippen molar-refractivity contribution < 1.29 is 28.6 Å². The van der Waals surface area contributed by atoms with Crippen LogP contribution in [0.1, 0.15) is 220 Å². The minimum absolute atomic E-state index is 0.130. The number of esters is 3. The van der Waals surface area contributed by atoms with Crippen molar-refractivity contribution in [2.75, 3.05) is 13.2 Å². The molecule has 0 spiro atoms. The molecule has 6 nitrogen and oxygen atoms in total. The van der Waals surface area contributed by atoms with Gasteiger partial charge in [-0.15, -0.1) is 0 Å². The molecule has 0 aliphatic rings. The first-order valence-electron chi connectivity index (χ1n) is 28.5. The molecule has 0 bridgehead atoms. The summed E-state index contributed by atoms with van der Waals surface area (Å²) in [4.78, 5) is 38.2. The average molecular weight is 992 g/mol. The standard InChI is InChI=1S/C66H102O6/c1-4-7-10-13-16-19-22-25-28-31-33-36-38-41-44-47-50-53-56-59-65(68)71-62-63(61-70-64(67)58-55-52-49-46-43-40-37-34-30-27-24-21-18-15-12-9-6-3)72-66(69)60-57-54-51-48-45-42-39-35-32-29-26-23-20-17-14-11-8-5-2/h7,10,16-21,23,25-30,32-33,35-37,39-41,44,46,49,63H,4-6,8-9,11-15,22,24,31,34,38,42-43,45,47-48,50-62H2,1-3H3/b10-7-,19-16-,20-17-,21-18-,26-23-,28-25-,30-27-,32-29-,36-33-,39-35-,40-37-,44-41-,49-46-. The van der Waals surface area contributed by atoms with Gasteiger partial charge in [0, 0.05) is 19.3 Å². The van der Waals surface area contributed by atoms with E-state index in [1.165, 1.54) is 44.9 Å². The third-order valence-electron chi connectivity index (χ3n) is 11.3. The molecule has 0 rings (SSSR count). The zero-order chi connectivity index (χ0) is 52.2. The molecule has 0 aromatic rings. The minimum Gasteiger partial charge on any atom is -0.462 e. The van der Waals surface area contributed by atoms with Crippen molar-refractivity contribution in [3.63, 3.8) is 0 Å². The van der Waals surface area contributed by atoms with Gasteiger partial charge in [-0.2, -0.15) is 0 Å². The van der Waals surface area contributed by atoms with E-state index in [1.54, 1.807) is 0 Å². The molecular formula is C66H102O6. The molecule has 0 saturated carbocycles. The van der Waals surface area contributed by atoms with E-state index in [-0.39, 0.29) is 44.0 Å². The maximum atomic E-state index is 12.9. The molecule has 0 aliphatic heterocycles. The Balaban J connectivity index is 4.63. The molecule has 0 amide bonds. The van der Waals surface area contributed by atoms with Gasteiger partial charge in [0.1, 0.15) is 13.2 Å². The molecule has 0 aliphatic carbocycles. The second-order valence-corrected chi connectivity index (χ2v) is 18.2. The fraction of sp³-hybridized carbons (Fsp3) is 0.561. The summed E-state index contributed by atoms with van der Waals surface area (Å²) in [5, 5.41) is 0. The van der Waals surface area contributed by atoms with Crippen LogP contribution in [0.25, 0.3) is 0 Å². The van der Waals surface area contributed by atoms with E-state index in [9.17, 15) is 14.4 Å². The third-order valence-corrected chi connectivity index (χ3v) is 11.3.